The second kappa shape index (κ2) is 9.93. The largest absolute Gasteiger partial charge is 0.490 e. The van der Waals surface area contributed by atoms with Crippen LogP contribution in [0.3, 0.4) is 0 Å². The van der Waals surface area contributed by atoms with Gasteiger partial charge in [0.05, 0.1) is 23.7 Å². The molecule has 1 aliphatic carbocycles. The lowest BCUT2D eigenvalue weighted by atomic mass is 10.1. The van der Waals surface area contributed by atoms with Crippen molar-refractivity contribution in [2.24, 2.45) is 5.73 Å². The van der Waals surface area contributed by atoms with Crippen LogP contribution in [0.5, 0.6) is 5.88 Å². The van der Waals surface area contributed by atoms with Crippen LogP contribution in [0.2, 0.25) is 0 Å². The number of benzene rings is 1. The molecule has 1 saturated carbocycles. The summed E-state index contributed by atoms with van der Waals surface area (Å²) >= 11 is 0. The molecule has 2 fully saturated rings. The lowest BCUT2D eigenvalue weighted by Gasteiger charge is -2.39. The Kier molecular flexibility index (Phi) is 7.02. The van der Waals surface area contributed by atoms with Gasteiger partial charge in [-0.3, -0.25) is 9.36 Å². The summed E-state index contributed by atoms with van der Waals surface area (Å²) in [7, 11) is 0. The number of carboxylic acids is 1. The van der Waals surface area contributed by atoms with Crippen LogP contribution in [-0.4, -0.2) is 68.8 Å². The highest BCUT2D eigenvalue weighted by molar-refractivity contribution is 5.89. The molecule has 1 aromatic carbocycles. The fourth-order valence-corrected chi connectivity index (χ4v) is 4.23. The molecule has 0 spiro atoms. The van der Waals surface area contributed by atoms with Gasteiger partial charge in [0.15, 0.2) is 0 Å². The maximum Gasteiger partial charge on any atom is 0.490 e. The third-order valence-electron chi connectivity index (χ3n) is 6.42. The lowest BCUT2D eigenvalue weighted by molar-refractivity contribution is -0.192. The Balaban J connectivity index is 0.000000426. The molecule has 1 unspecified atom stereocenters. The van der Waals surface area contributed by atoms with Crippen molar-refractivity contribution in [1.82, 2.24) is 14.5 Å². The number of fused-ring (bicyclic) bond motifs is 3. The topological polar surface area (TPSA) is 155 Å². The summed E-state index contributed by atoms with van der Waals surface area (Å²) in [5.41, 5.74) is 5.48. The normalized spacial score (nSPS) is 18.9. The summed E-state index contributed by atoms with van der Waals surface area (Å²) in [5.74, 6) is -2.48. The number of hydrogen-bond donors (Lipinski definition) is 2. The van der Waals surface area contributed by atoms with Crippen LogP contribution in [0.25, 0.3) is 0 Å². The van der Waals surface area contributed by atoms with E-state index in [0.717, 1.165) is 12.8 Å². The van der Waals surface area contributed by atoms with E-state index in [1.165, 1.54) is 18.2 Å². The van der Waals surface area contributed by atoms with Crippen molar-refractivity contribution in [2.45, 2.75) is 43.8 Å². The maximum atomic E-state index is 13.5. The predicted octanol–water partition coefficient (Wildman–Crippen LogP) is 0.988. The number of aliphatic carboxylic acids is 1. The molecule has 202 valence electrons. The number of anilines is 1. The summed E-state index contributed by atoms with van der Waals surface area (Å²) in [6.07, 6.45) is -3.63. The SMILES string of the molecule is N#Cc1cc(COc2cc3n(c(=O)n2)CC2CN(C(=O)C4(N)CC4)CCN32)ccc1F.O=C(O)C(F)(F)F. The van der Waals surface area contributed by atoms with Crippen molar-refractivity contribution in [3.63, 3.8) is 0 Å². The van der Waals surface area contributed by atoms with Crippen LogP contribution in [-0.2, 0) is 22.7 Å². The molecule has 1 atom stereocenters. The third kappa shape index (κ3) is 5.54. The number of carbonyl (C=O) groups is 2. The second-order valence-electron chi connectivity index (χ2n) is 9.12. The second-order valence-corrected chi connectivity index (χ2v) is 9.12. The summed E-state index contributed by atoms with van der Waals surface area (Å²) in [4.78, 5) is 42.0. The highest BCUT2D eigenvalue weighted by Gasteiger charge is 2.50. The summed E-state index contributed by atoms with van der Waals surface area (Å²) in [6, 6.07) is 7.62. The van der Waals surface area contributed by atoms with Crippen LogP contribution < -0.4 is 21.1 Å². The third-order valence-corrected chi connectivity index (χ3v) is 6.42. The number of nitriles is 1. The highest BCUT2D eigenvalue weighted by Crippen LogP contribution is 2.36. The van der Waals surface area contributed by atoms with Crippen molar-refractivity contribution in [3.8, 4) is 11.9 Å². The van der Waals surface area contributed by atoms with E-state index in [1.54, 1.807) is 21.6 Å². The van der Waals surface area contributed by atoms with E-state index in [1.807, 2.05) is 0 Å². The lowest BCUT2D eigenvalue weighted by Crippen LogP contribution is -2.57. The van der Waals surface area contributed by atoms with E-state index in [2.05, 4.69) is 9.88 Å². The molecular formula is C23H22F4N6O5. The number of aromatic nitrogens is 2. The van der Waals surface area contributed by atoms with Gasteiger partial charge in [0.25, 0.3) is 0 Å². The number of amides is 1. The molecule has 15 heteroatoms. The summed E-state index contributed by atoms with van der Waals surface area (Å²) in [5, 5.41) is 16.1. The molecule has 5 rings (SSSR count). The van der Waals surface area contributed by atoms with E-state index < -0.39 is 29.2 Å². The van der Waals surface area contributed by atoms with Gasteiger partial charge in [-0.2, -0.15) is 23.4 Å². The number of nitrogens with zero attached hydrogens (tertiary/aromatic N) is 5. The first kappa shape index (κ1) is 26.9. The van der Waals surface area contributed by atoms with Crippen molar-refractivity contribution < 1.29 is 37.0 Å². The number of piperazine rings is 1. The van der Waals surface area contributed by atoms with Crippen molar-refractivity contribution in [3.05, 3.63) is 51.7 Å². The minimum absolute atomic E-state index is 0.00589. The quantitative estimate of drug-likeness (QED) is 0.542. The van der Waals surface area contributed by atoms with Crippen molar-refractivity contribution in [1.29, 1.82) is 5.26 Å². The fourth-order valence-electron chi connectivity index (χ4n) is 4.23. The highest BCUT2D eigenvalue weighted by atomic mass is 19.4. The Morgan fingerprint density at radius 2 is 1.92 bits per heavy atom. The van der Waals surface area contributed by atoms with Gasteiger partial charge in [-0.1, -0.05) is 6.07 Å². The fraction of sp³-hybridized carbons (Fsp3) is 0.435. The maximum absolute atomic E-state index is 13.5. The molecule has 3 N–H and O–H groups in total. The van der Waals surface area contributed by atoms with E-state index in [0.29, 0.717) is 37.6 Å². The average molecular weight is 538 g/mol. The molecule has 0 radical (unpaired) electrons. The number of hydrogen-bond acceptors (Lipinski definition) is 8. The first-order chi connectivity index (χ1) is 17.8. The van der Waals surface area contributed by atoms with Crippen LogP contribution in [0.15, 0.2) is 29.1 Å². The van der Waals surface area contributed by atoms with Crippen LogP contribution in [0.1, 0.15) is 24.0 Å². The Morgan fingerprint density at radius 3 is 2.53 bits per heavy atom. The average Bonchev–Trinajstić information content (AvgIpc) is 3.51. The van der Waals surface area contributed by atoms with Gasteiger partial charge in [0.2, 0.25) is 11.8 Å². The Labute approximate surface area is 212 Å². The summed E-state index contributed by atoms with van der Waals surface area (Å²) in [6.45, 7) is 2.16. The number of carboxylic acid groups (broad SMARTS) is 1. The van der Waals surface area contributed by atoms with Gasteiger partial charge in [-0.15, -0.1) is 0 Å². The van der Waals surface area contributed by atoms with Gasteiger partial charge >= 0.3 is 17.8 Å². The number of ether oxygens (including phenoxy) is 1. The Morgan fingerprint density at radius 1 is 1.24 bits per heavy atom. The summed E-state index contributed by atoms with van der Waals surface area (Å²) < 4.78 is 52.5. The smallest absolute Gasteiger partial charge is 0.475 e. The molecular weight excluding hydrogens is 516 g/mol. The van der Waals surface area contributed by atoms with E-state index in [4.69, 9.17) is 25.6 Å². The predicted molar refractivity (Wildman–Crippen MR) is 122 cm³/mol. The Bertz CT molecular complexity index is 1370. The molecule has 2 aromatic rings. The molecule has 2 aliphatic heterocycles. The minimum atomic E-state index is -5.08. The zero-order chi connectivity index (χ0) is 27.8. The molecule has 3 aliphatic rings. The molecule has 1 amide bonds. The first-order valence-electron chi connectivity index (χ1n) is 11.4. The van der Waals surface area contributed by atoms with Gasteiger partial charge in [-0.05, 0) is 30.5 Å². The molecule has 1 saturated heterocycles. The van der Waals surface area contributed by atoms with Gasteiger partial charge in [0.1, 0.15) is 24.3 Å². The van der Waals surface area contributed by atoms with Crippen molar-refractivity contribution in [2.75, 3.05) is 24.5 Å². The Hall–Kier alpha value is -4.19. The number of carbonyl (C=O) groups excluding carboxylic acids is 1. The standard InChI is InChI=1S/C21H21FN6O3.C2HF3O2/c22-16-2-1-13(7-14(16)9-23)12-31-17-8-18-27-6-5-26(19(29)21(24)3-4-21)10-15(27)11-28(18)20(30)25-17;3-2(4,5)1(6)7/h1-2,7-8,15H,3-6,10-12,24H2;(H,6,7). The van der Waals surface area contributed by atoms with Gasteiger partial charge in [-0.25, -0.2) is 14.0 Å². The molecule has 0 bridgehead atoms. The van der Waals surface area contributed by atoms with E-state index in [-0.39, 0.29) is 30.0 Å². The molecule has 38 heavy (non-hydrogen) atoms. The molecule has 11 nitrogen and oxygen atoms in total. The van der Waals surface area contributed by atoms with Gasteiger partial charge < -0.3 is 25.4 Å². The van der Waals surface area contributed by atoms with Crippen LogP contribution >= 0.6 is 0 Å². The van der Waals surface area contributed by atoms with Crippen LogP contribution in [0, 0.1) is 17.1 Å². The number of nitrogens with two attached hydrogens (primary N) is 1. The number of halogens is 4. The van der Waals surface area contributed by atoms with Crippen molar-refractivity contribution >= 4 is 17.7 Å². The molecule has 1 aromatic heterocycles. The first-order valence-corrected chi connectivity index (χ1v) is 11.4. The van der Waals surface area contributed by atoms with E-state index >= 15 is 0 Å². The monoisotopic (exact) mass is 538 g/mol. The number of alkyl halides is 3. The zero-order valence-electron chi connectivity index (χ0n) is 19.7. The minimum Gasteiger partial charge on any atom is -0.475 e. The number of rotatable bonds is 4. The van der Waals surface area contributed by atoms with E-state index in [9.17, 15) is 27.2 Å². The zero-order valence-corrected chi connectivity index (χ0v) is 19.7. The molecule has 3 heterocycles. The van der Waals surface area contributed by atoms with Gasteiger partial charge in [0, 0.05) is 25.7 Å². The van der Waals surface area contributed by atoms with Crippen LogP contribution in [0.4, 0.5) is 23.4 Å².